The lowest BCUT2D eigenvalue weighted by molar-refractivity contribution is -0.149. The Balaban J connectivity index is 1.16. The van der Waals surface area contributed by atoms with Crippen LogP contribution in [-0.4, -0.2) is 20.9 Å². The quantitative estimate of drug-likeness (QED) is 0.402. The molecule has 36 heavy (non-hydrogen) atoms. The van der Waals surface area contributed by atoms with Crippen molar-refractivity contribution in [2.24, 2.45) is 49.6 Å². The molecule has 0 saturated heterocycles. The Labute approximate surface area is 210 Å². The van der Waals surface area contributed by atoms with E-state index in [0.29, 0.717) is 17.8 Å². The molecule has 4 saturated carbocycles. The van der Waals surface area contributed by atoms with Gasteiger partial charge in [-0.1, -0.05) is 36.4 Å². The smallest absolute Gasteiger partial charge is 0.229 e. The van der Waals surface area contributed by atoms with E-state index in [2.05, 4.69) is 34.9 Å². The highest BCUT2D eigenvalue weighted by Crippen LogP contribution is 2.59. The number of carbonyl (C=O) groups is 2. The Kier molecular flexibility index (Phi) is 4.82. The third-order valence-corrected chi connectivity index (χ3v) is 9.43. The van der Waals surface area contributed by atoms with E-state index in [-0.39, 0.29) is 29.6 Å². The zero-order chi connectivity index (χ0) is 24.6. The van der Waals surface area contributed by atoms with Crippen LogP contribution in [0.25, 0.3) is 21.8 Å². The predicted molar refractivity (Wildman–Crippen MR) is 143 cm³/mol. The maximum atomic E-state index is 13.8. The number of hydrogen-bond acceptors (Lipinski definition) is 2. The molecule has 6 heteroatoms. The Bertz CT molecular complexity index is 1400. The fraction of sp³-hybridized carbons (Fsp3) is 0.400. The topological polar surface area (TPSA) is 68.1 Å². The minimum Gasteiger partial charge on any atom is -0.330 e. The van der Waals surface area contributed by atoms with Gasteiger partial charge in [-0.25, -0.2) is 0 Å². The molecule has 2 heterocycles. The normalized spacial score (nSPS) is 28.6. The summed E-state index contributed by atoms with van der Waals surface area (Å²) in [6, 6.07) is 20.5. The van der Waals surface area contributed by atoms with Gasteiger partial charge in [-0.2, -0.15) is 0 Å². The largest absolute Gasteiger partial charge is 0.330 e. The molecule has 4 unspecified atom stereocenters. The summed E-state index contributed by atoms with van der Waals surface area (Å²) >= 11 is 0. The van der Waals surface area contributed by atoms with Crippen LogP contribution >= 0.6 is 0 Å². The number of amides is 2. The number of nitrogens with zero attached hydrogens (tertiary/aromatic N) is 2. The lowest BCUT2D eigenvalue weighted by Gasteiger charge is -2.57. The second-order valence-electron chi connectivity index (χ2n) is 11.3. The summed E-state index contributed by atoms with van der Waals surface area (Å²) < 4.78 is 4.10. The molecule has 4 bridgehead atoms. The molecule has 2 aromatic heterocycles. The Morgan fingerprint density at radius 1 is 0.694 bits per heavy atom. The van der Waals surface area contributed by atoms with Crippen molar-refractivity contribution in [2.75, 3.05) is 10.6 Å². The van der Waals surface area contributed by atoms with Gasteiger partial charge in [-0.05, 0) is 73.6 Å². The molecule has 0 spiro atoms. The van der Waals surface area contributed by atoms with Crippen LogP contribution in [0.4, 0.5) is 11.6 Å². The summed E-state index contributed by atoms with van der Waals surface area (Å²) in [5.74, 6) is 3.10. The van der Waals surface area contributed by atoms with Crippen molar-refractivity contribution < 1.29 is 9.59 Å². The molecule has 2 amide bonds. The first kappa shape index (κ1) is 21.7. The number of aromatic nitrogens is 2. The van der Waals surface area contributed by atoms with Gasteiger partial charge < -0.3 is 19.8 Å². The standard InChI is InChI=1S/C30H32N4O2/c1-33-23-9-5-3-7-18(23)15-25(33)31-29(35)27-20-11-17-12-21(14-20)28(22(27)13-17)30(36)32-26-16-19-8-4-6-10-24(19)34(26)2/h3-10,15-17,20-22,27-28H,11-14H2,1-2H3,(H,31,35)(H,32,36). The van der Waals surface area contributed by atoms with Gasteiger partial charge >= 0.3 is 0 Å². The number of anilines is 2. The molecular formula is C30H32N4O2. The molecule has 4 aliphatic carbocycles. The first-order valence-electron chi connectivity index (χ1n) is 13.2. The van der Waals surface area contributed by atoms with Gasteiger partial charge in [0.05, 0.1) is 0 Å². The number of para-hydroxylation sites is 2. The van der Waals surface area contributed by atoms with Crippen LogP contribution < -0.4 is 10.6 Å². The fourth-order valence-electron chi connectivity index (χ4n) is 7.97. The summed E-state index contributed by atoms with van der Waals surface area (Å²) in [5.41, 5.74) is 2.20. The molecule has 4 atom stereocenters. The van der Waals surface area contributed by atoms with Crippen LogP contribution in [0, 0.1) is 35.5 Å². The van der Waals surface area contributed by atoms with Crippen molar-refractivity contribution in [3.8, 4) is 0 Å². The van der Waals surface area contributed by atoms with Crippen molar-refractivity contribution in [1.82, 2.24) is 9.13 Å². The van der Waals surface area contributed by atoms with Crippen LogP contribution in [-0.2, 0) is 23.7 Å². The minimum absolute atomic E-state index is 0.0807. The van der Waals surface area contributed by atoms with E-state index in [9.17, 15) is 9.59 Å². The van der Waals surface area contributed by atoms with E-state index in [1.165, 1.54) is 0 Å². The molecule has 2 aromatic carbocycles. The molecule has 0 aliphatic heterocycles. The summed E-state index contributed by atoms with van der Waals surface area (Å²) in [4.78, 5) is 27.5. The maximum absolute atomic E-state index is 13.8. The Morgan fingerprint density at radius 2 is 1.17 bits per heavy atom. The zero-order valence-electron chi connectivity index (χ0n) is 20.8. The Morgan fingerprint density at radius 3 is 1.64 bits per heavy atom. The van der Waals surface area contributed by atoms with E-state index < -0.39 is 0 Å². The van der Waals surface area contributed by atoms with Crippen molar-refractivity contribution in [3.05, 3.63) is 60.7 Å². The van der Waals surface area contributed by atoms with E-state index in [1.807, 2.05) is 59.6 Å². The molecular weight excluding hydrogens is 448 g/mol. The molecule has 4 aromatic rings. The predicted octanol–water partition coefficient (Wildman–Crippen LogP) is 5.55. The minimum atomic E-state index is -0.112. The summed E-state index contributed by atoms with van der Waals surface area (Å²) in [6.45, 7) is 0. The highest BCUT2D eigenvalue weighted by molar-refractivity contribution is 5.99. The summed E-state index contributed by atoms with van der Waals surface area (Å²) in [6.07, 6.45) is 4.20. The first-order chi connectivity index (χ1) is 17.5. The van der Waals surface area contributed by atoms with E-state index in [4.69, 9.17) is 0 Å². The molecule has 2 N–H and O–H groups in total. The highest BCUT2D eigenvalue weighted by atomic mass is 16.2. The average molecular weight is 481 g/mol. The molecule has 8 rings (SSSR count). The van der Waals surface area contributed by atoms with Crippen LogP contribution in [0.15, 0.2) is 60.7 Å². The lowest BCUT2D eigenvalue weighted by Crippen LogP contribution is -2.57. The van der Waals surface area contributed by atoms with Crippen LogP contribution in [0.3, 0.4) is 0 Å². The van der Waals surface area contributed by atoms with Crippen molar-refractivity contribution in [1.29, 1.82) is 0 Å². The molecule has 4 aliphatic rings. The van der Waals surface area contributed by atoms with Crippen LogP contribution in [0.2, 0.25) is 0 Å². The second kappa shape index (κ2) is 7.99. The lowest BCUT2D eigenvalue weighted by atomic mass is 9.47. The highest BCUT2D eigenvalue weighted by Gasteiger charge is 2.57. The molecule has 184 valence electrons. The SMILES string of the molecule is Cn1c(NC(=O)C2C3CC4CC(C3)C(C(=O)Nc3cc5ccccc5n3C)C2C4)cc2ccccc21. The molecule has 0 radical (unpaired) electrons. The number of benzene rings is 2. The van der Waals surface area contributed by atoms with Crippen molar-refractivity contribution in [3.63, 3.8) is 0 Å². The first-order valence-corrected chi connectivity index (χ1v) is 13.2. The second-order valence-corrected chi connectivity index (χ2v) is 11.3. The zero-order valence-corrected chi connectivity index (χ0v) is 20.8. The Hall–Kier alpha value is -3.54. The fourth-order valence-corrected chi connectivity index (χ4v) is 7.97. The number of nitrogens with one attached hydrogen (secondary N) is 2. The van der Waals surface area contributed by atoms with E-state index >= 15 is 0 Å². The maximum Gasteiger partial charge on any atom is 0.229 e. The number of aryl methyl sites for hydroxylation is 2. The van der Waals surface area contributed by atoms with Gasteiger partial charge in [0, 0.05) is 47.7 Å². The molecule has 6 nitrogen and oxygen atoms in total. The van der Waals surface area contributed by atoms with Crippen molar-refractivity contribution in [2.45, 2.75) is 25.7 Å². The van der Waals surface area contributed by atoms with Crippen molar-refractivity contribution >= 4 is 45.3 Å². The van der Waals surface area contributed by atoms with Gasteiger partial charge in [0.15, 0.2) is 0 Å². The third kappa shape index (κ3) is 3.23. The number of hydrogen-bond donors (Lipinski definition) is 2. The number of carbonyl (C=O) groups excluding carboxylic acids is 2. The summed E-state index contributed by atoms with van der Waals surface area (Å²) in [7, 11) is 3.99. The van der Waals surface area contributed by atoms with Gasteiger partial charge in [0.2, 0.25) is 11.8 Å². The monoisotopic (exact) mass is 480 g/mol. The van der Waals surface area contributed by atoms with Crippen LogP contribution in [0.5, 0.6) is 0 Å². The van der Waals surface area contributed by atoms with Gasteiger partial charge in [-0.3, -0.25) is 9.59 Å². The van der Waals surface area contributed by atoms with Gasteiger partial charge in [-0.15, -0.1) is 0 Å². The average Bonchev–Trinajstić information content (AvgIpc) is 3.35. The van der Waals surface area contributed by atoms with E-state index in [0.717, 1.165) is 59.1 Å². The molecule has 4 fully saturated rings. The number of rotatable bonds is 4. The van der Waals surface area contributed by atoms with E-state index in [1.54, 1.807) is 0 Å². The summed E-state index contributed by atoms with van der Waals surface area (Å²) in [5, 5.41) is 8.74. The third-order valence-electron chi connectivity index (χ3n) is 9.43. The number of fused-ring (bicyclic) bond motifs is 2. The van der Waals surface area contributed by atoms with Crippen LogP contribution in [0.1, 0.15) is 25.7 Å². The van der Waals surface area contributed by atoms with Gasteiger partial charge in [0.25, 0.3) is 0 Å². The van der Waals surface area contributed by atoms with Gasteiger partial charge in [0.1, 0.15) is 11.6 Å².